The van der Waals surface area contributed by atoms with E-state index >= 15 is 0 Å². The quantitative estimate of drug-likeness (QED) is 0.262. The van der Waals surface area contributed by atoms with Crippen LogP contribution in [0.5, 0.6) is 0 Å². The third-order valence-electron chi connectivity index (χ3n) is 6.69. The lowest BCUT2D eigenvalue weighted by Gasteiger charge is -2.27. The van der Waals surface area contributed by atoms with Gasteiger partial charge in [0, 0.05) is 34.0 Å². The molecule has 1 amide bonds. The molecule has 2 aliphatic heterocycles. The Morgan fingerprint density at radius 3 is 2.61 bits per heavy atom. The summed E-state index contributed by atoms with van der Waals surface area (Å²) < 4.78 is 0.265. The van der Waals surface area contributed by atoms with E-state index in [1.54, 1.807) is 17.8 Å². The Bertz CT molecular complexity index is 1280. The molecule has 2 heterocycles. The number of aliphatic carboxylic acids is 2. The second-order valence-corrected chi connectivity index (χ2v) is 11.8. The summed E-state index contributed by atoms with van der Waals surface area (Å²) in [7, 11) is 0. The fourth-order valence-electron chi connectivity index (χ4n) is 5.18. The molecule has 186 valence electrons. The monoisotopic (exact) mass is 540 g/mol. The average Bonchev–Trinajstić information content (AvgIpc) is 3.49. The summed E-state index contributed by atoms with van der Waals surface area (Å²) in [5.74, 6) is -1.28. The number of carbonyl (C=O) groups is 3. The third kappa shape index (κ3) is 4.89. The molecule has 0 aromatic heterocycles. The average molecular weight is 541 g/mol. The summed E-state index contributed by atoms with van der Waals surface area (Å²) in [6, 6.07) is 15.0. The van der Waals surface area contributed by atoms with Gasteiger partial charge in [0.2, 0.25) is 0 Å². The maximum Gasteiger partial charge on any atom is 0.323 e. The summed E-state index contributed by atoms with van der Waals surface area (Å²) in [6.07, 6.45) is 5.32. The Morgan fingerprint density at radius 1 is 1.11 bits per heavy atom. The van der Waals surface area contributed by atoms with Crippen LogP contribution in [0, 0.1) is 0 Å². The highest BCUT2D eigenvalue weighted by molar-refractivity contribution is 8.26. The second kappa shape index (κ2) is 10.3. The van der Waals surface area contributed by atoms with Crippen molar-refractivity contribution in [2.24, 2.45) is 0 Å². The Hall–Kier alpha value is -2.82. The molecule has 2 fully saturated rings. The van der Waals surface area contributed by atoms with Crippen LogP contribution in [0.2, 0.25) is 0 Å². The van der Waals surface area contributed by atoms with E-state index in [2.05, 4.69) is 41.3 Å². The number of anilines is 2. The molecule has 2 atom stereocenters. The van der Waals surface area contributed by atoms with E-state index < -0.39 is 18.5 Å². The zero-order chi connectivity index (χ0) is 25.4. The number of benzene rings is 2. The van der Waals surface area contributed by atoms with Crippen molar-refractivity contribution in [1.82, 2.24) is 4.90 Å². The first kappa shape index (κ1) is 24.9. The largest absolute Gasteiger partial charge is 0.481 e. The summed E-state index contributed by atoms with van der Waals surface area (Å²) in [4.78, 5) is 39.6. The number of carboxylic acid groups (broad SMARTS) is 2. The molecule has 2 unspecified atom stereocenters. The van der Waals surface area contributed by atoms with Gasteiger partial charge in [0.15, 0.2) is 0 Å². The molecule has 0 spiro atoms. The maximum atomic E-state index is 12.7. The van der Waals surface area contributed by atoms with Crippen molar-refractivity contribution in [3.05, 3.63) is 58.5 Å². The molecule has 5 rings (SSSR count). The predicted octanol–water partition coefficient (Wildman–Crippen LogP) is 5.33. The smallest absolute Gasteiger partial charge is 0.323 e. The Morgan fingerprint density at radius 2 is 1.89 bits per heavy atom. The zero-order valence-electron chi connectivity index (χ0n) is 19.3. The molecule has 2 N–H and O–H groups in total. The van der Waals surface area contributed by atoms with E-state index in [1.807, 2.05) is 6.07 Å². The number of thiocarbonyl (C=S) groups is 1. The summed E-state index contributed by atoms with van der Waals surface area (Å²) in [5.41, 5.74) is 4.47. The van der Waals surface area contributed by atoms with E-state index in [4.69, 9.17) is 22.4 Å². The molecule has 2 aromatic rings. The highest BCUT2D eigenvalue weighted by Crippen LogP contribution is 2.52. The lowest BCUT2D eigenvalue weighted by molar-refractivity contribution is -0.140. The van der Waals surface area contributed by atoms with Crippen LogP contribution in [-0.2, 0) is 14.4 Å². The number of carbonyl (C=O) groups excluding carboxylic acids is 1. The van der Waals surface area contributed by atoms with Gasteiger partial charge in [0.1, 0.15) is 10.9 Å². The van der Waals surface area contributed by atoms with Gasteiger partial charge in [-0.15, -0.1) is 11.8 Å². The van der Waals surface area contributed by atoms with Gasteiger partial charge in [-0.1, -0.05) is 36.5 Å². The number of hydrogen-bond acceptors (Lipinski definition) is 7. The molecule has 2 aromatic carbocycles. The van der Waals surface area contributed by atoms with E-state index in [1.165, 1.54) is 11.3 Å². The minimum Gasteiger partial charge on any atom is -0.481 e. The predicted molar refractivity (Wildman–Crippen MR) is 146 cm³/mol. The Kier molecular flexibility index (Phi) is 7.09. The number of hydrogen-bond donors (Lipinski definition) is 2. The summed E-state index contributed by atoms with van der Waals surface area (Å²) in [5, 5.41) is 17.9. The fraction of sp³-hybridized carbons (Fsp3) is 0.308. The van der Waals surface area contributed by atoms with Crippen molar-refractivity contribution in [3.63, 3.8) is 0 Å². The lowest BCUT2D eigenvalue weighted by Crippen LogP contribution is -2.33. The minimum absolute atomic E-state index is 0.141. The topological polar surface area (TPSA) is 98.2 Å². The molecule has 1 aliphatic carbocycles. The van der Waals surface area contributed by atoms with Crippen molar-refractivity contribution < 1.29 is 24.6 Å². The lowest BCUT2D eigenvalue weighted by atomic mass is 9.96. The van der Waals surface area contributed by atoms with E-state index in [9.17, 15) is 14.4 Å². The molecular formula is C26H24N2O5S3. The standard InChI is InChI=1S/C26H24N2O5S3/c29-23(30)10-11-35-17-7-5-16(6-8-17)28-20-3-1-2-18(20)19-12-15(4-9-21(19)28)13-22-25(33)27(14-24(31)32)26(34)36-22/h4-9,12-13,18,20H,1-3,10-11,14H2,(H,29,30)(H,31,32). The van der Waals surface area contributed by atoms with Crippen LogP contribution in [0.4, 0.5) is 11.4 Å². The van der Waals surface area contributed by atoms with Gasteiger partial charge in [-0.3, -0.25) is 19.3 Å². The molecule has 3 aliphatic rings. The van der Waals surface area contributed by atoms with Gasteiger partial charge < -0.3 is 15.1 Å². The van der Waals surface area contributed by atoms with Gasteiger partial charge in [-0.25, -0.2) is 0 Å². The van der Waals surface area contributed by atoms with Crippen LogP contribution in [0.1, 0.15) is 42.7 Å². The number of amides is 1. The molecular weight excluding hydrogens is 516 g/mol. The fourth-order valence-corrected chi connectivity index (χ4v) is 7.28. The normalized spacial score (nSPS) is 21.8. The minimum atomic E-state index is -1.09. The second-order valence-electron chi connectivity index (χ2n) is 8.94. The first-order valence-corrected chi connectivity index (χ1v) is 13.9. The van der Waals surface area contributed by atoms with Crippen LogP contribution in [0.15, 0.2) is 52.3 Å². The Balaban J connectivity index is 1.39. The van der Waals surface area contributed by atoms with Gasteiger partial charge in [0.05, 0.1) is 11.3 Å². The van der Waals surface area contributed by atoms with Gasteiger partial charge in [-0.2, -0.15) is 0 Å². The molecule has 0 radical (unpaired) electrons. The van der Waals surface area contributed by atoms with E-state index in [-0.39, 0.29) is 16.6 Å². The molecule has 36 heavy (non-hydrogen) atoms. The SMILES string of the molecule is O=C(O)CCSc1ccc(N2c3ccc(C=C4SC(=S)N(CC(=O)O)C4=O)cc3C3CCCC32)cc1. The maximum absolute atomic E-state index is 12.7. The zero-order valence-corrected chi connectivity index (χ0v) is 21.7. The summed E-state index contributed by atoms with van der Waals surface area (Å²) in [6.45, 7) is -0.429. The third-order valence-corrected chi connectivity index (χ3v) is 9.08. The van der Waals surface area contributed by atoms with Crippen LogP contribution in [-0.4, -0.2) is 55.6 Å². The molecule has 1 saturated heterocycles. The van der Waals surface area contributed by atoms with Crippen molar-refractivity contribution >= 4 is 75.4 Å². The first-order chi connectivity index (χ1) is 17.3. The molecule has 7 nitrogen and oxygen atoms in total. The van der Waals surface area contributed by atoms with Crippen LogP contribution in [0.25, 0.3) is 6.08 Å². The van der Waals surface area contributed by atoms with Crippen LogP contribution < -0.4 is 4.90 Å². The van der Waals surface area contributed by atoms with Crippen molar-refractivity contribution in [2.45, 2.75) is 42.5 Å². The van der Waals surface area contributed by atoms with Gasteiger partial charge >= 0.3 is 11.9 Å². The van der Waals surface area contributed by atoms with Crippen molar-refractivity contribution in [3.8, 4) is 0 Å². The van der Waals surface area contributed by atoms with Crippen molar-refractivity contribution in [2.75, 3.05) is 17.2 Å². The summed E-state index contributed by atoms with van der Waals surface area (Å²) >= 11 is 7.90. The molecule has 10 heteroatoms. The van der Waals surface area contributed by atoms with E-state index in [0.717, 1.165) is 52.1 Å². The van der Waals surface area contributed by atoms with Gasteiger partial charge in [0.25, 0.3) is 5.91 Å². The number of rotatable bonds is 8. The van der Waals surface area contributed by atoms with Crippen LogP contribution >= 0.6 is 35.7 Å². The van der Waals surface area contributed by atoms with Crippen molar-refractivity contribution in [1.29, 1.82) is 0 Å². The number of thioether (sulfide) groups is 2. The molecule has 0 bridgehead atoms. The Labute approximate surface area is 222 Å². The highest BCUT2D eigenvalue weighted by atomic mass is 32.2. The highest BCUT2D eigenvalue weighted by Gasteiger charge is 2.42. The molecule has 1 saturated carbocycles. The van der Waals surface area contributed by atoms with Crippen LogP contribution in [0.3, 0.4) is 0 Å². The van der Waals surface area contributed by atoms with E-state index in [0.29, 0.717) is 22.6 Å². The first-order valence-electron chi connectivity index (χ1n) is 11.7. The number of carboxylic acids is 2. The number of fused-ring (bicyclic) bond motifs is 3. The number of nitrogens with zero attached hydrogens (tertiary/aromatic N) is 2. The van der Waals surface area contributed by atoms with Gasteiger partial charge in [-0.05, 0) is 66.4 Å².